The van der Waals surface area contributed by atoms with Gasteiger partial charge in [0.05, 0.1) is 18.0 Å². The molecule has 0 atom stereocenters. The second-order valence-corrected chi connectivity index (χ2v) is 8.00. The van der Waals surface area contributed by atoms with E-state index in [0.717, 1.165) is 11.7 Å². The molecule has 1 aliphatic heterocycles. The van der Waals surface area contributed by atoms with E-state index in [2.05, 4.69) is 8.75 Å². The molecule has 0 unspecified atom stereocenters. The quantitative estimate of drug-likeness (QED) is 0.684. The van der Waals surface area contributed by atoms with Gasteiger partial charge >= 0.3 is 0 Å². The van der Waals surface area contributed by atoms with Crippen molar-refractivity contribution >= 4 is 38.7 Å². The molecule has 1 fully saturated rings. The summed E-state index contributed by atoms with van der Waals surface area (Å²) in [5.74, 6) is 0.0301. The SMILES string of the molecule is O=C(c1ccco1)N1CCN(S(=O)(=O)c2cccc3nsnc23)CC1. The van der Waals surface area contributed by atoms with Gasteiger partial charge in [0.1, 0.15) is 15.9 Å². The number of carbonyl (C=O) groups excluding carboxylic acids is 1. The van der Waals surface area contributed by atoms with E-state index in [-0.39, 0.29) is 29.7 Å². The average Bonchev–Trinajstić information content (AvgIpc) is 3.32. The average molecular weight is 378 g/mol. The minimum atomic E-state index is -3.69. The molecule has 0 aliphatic carbocycles. The van der Waals surface area contributed by atoms with Crippen molar-refractivity contribution in [2.75, 3.05) is 26.2 Å². The lowest BCUT2D eigenvalue weighted by Gasteiger charge is -2.33. The predicted molar refractivity (Wildman–Crippen MR) is 90.8 cm³/mol. The van der Waals surface area contributed by atoms with Gasteiger partial charge < -0.3 is 9.32 Å². The molecule has 0 bridgehead atoms. The zero-order valence-electron chi connectivity index (χ0n) is 13.0. The number of hydrogen-bond donors (Lipinski definition) is 0. The molecular weight excluding hydrogens is 364 g/mol. The Kier molecular flexibility index (Phi) is 4.02. The number of amides is 1. The molecule has 25 heavy (non-hydrogen) atoms. The molecule has 0 radical (unpaired) electrons. The molecule has 1 saturated heterocycles. The van der Waals surface area contributed by atoms with Crippen LogP contribution >= 0.6 is 11.7 Å². The number of furan rings is 1. The minimum Gasteiger partial charge on any atom is -0.459 e. The molecule has 2 aromatic heterocycles. The Morgan fingerprint density at radius 2 is 1.88 bits per heavy atom. The van der Waals surface area contributed by atoms with Gasteiger partial charge in [-0.1, -0.05) is 6.07 Å². The standard InChI is InChI=1S/C15H14N4O4S2/c20-15(12-4-2-10-23-12)18-6-8-19(9-7-18)25(21,22)13-5-1-3-11-14(13)17-24-16-11/h1-5,10H,6-9H2. The summed E-state index contributed by atoms with van der Waals surface area (Å²) in [6.45, 7) is 1.07. The van der Waals surface area contributed by atoms with Crippen molar-refractivity contribution in [3.63, 3.8) is 0 Å². The van der Waals surface area contributed by atoms with Gasteiger partial charge in [-0.15, -0.1) is 0 Å². The van der Waals surface area contributed by atoms with Gasteiger partial charge in [-0.25, -0.2) is 8.42 Å². The van der Waals surface area contributed by atoms with Crippen molar-refractivity contribution in [2.24, 2.45) is 0 Å². The van der Waals surface area contributed by atoms with E-state index >= 15 is 0 Å². The zero-order chi connectivity index (χ0) is 17.4. The summed E-state index contributed by atoms with van der Waals surface area (Å²) in [4.78, 5) is 14.0. The number of nitrogens with zero attached hydrogens (tertiary/aromatic N) is 4. The first-order chi connectivity index (χ1) is 12.1. The molecule has 3 aromatic rings. The van der Waals surface area contributed by atoms with Crippen molar-refractivity contribution in [3.05, 3.63) is 42.4 Å². The highest BCUT2D eigenvalue weighted by Gasteiger charge is 2.32. The van der Waals surface area contributed by atoms with Gasteiger partial charge in [0.2, 0.25) is 10.0 Å². The Labute approximate surface area is 148 Å². The third kappa shape index (κ3) is 2.81. The lowest BCUT2D eigenvalue weighted by atomic mass is 10.3. The molecule has 3 heterocycles. The van der Waals surface area contributed by atoms with Crippen LogP contribution in [0.25, 0.3) is 11.0 Å². The van der Waals surface area contributed by atoms with Gasteiger partial charge in [-0.05, 0) is 24.3 Å². The number of hydrogen-bond acceptors (Lipinski definition) is 7. The fourth-order valence-corrected chi connectivity index (χ4v) is 4.99. The maximum Gasteiger partial charge on any atom is 0.289 e. The lowest BCUT2D eigenvalue weighted by molar-refractivity contribution is 0.0666. The van der Waals surface area contributed by atoms with E-state index < -0.39 is 10.0 Å². The first kappa shape index (κ1) is 16.2. The Bertz CT molecular complexity index is 1010. The highest BCUT2D eigenvalue weighted by molar-refractivity contribution is 7.89. The molecule has 10 heteroatoms. The van der Waals surface area contributed by atoms with Crippen molar-refractivity contribution in [2.45, 2.75) is 4.90 Å². The number of rotatable bonds is 3. The van der Waals surface area contributed by atoms with E-state index in [1.54, 1.807) is 35.2 Å². The molecule has 130 valence electrons. The minimum absolute atomic E-state index is 0.157. The third-order valence-electron chi connectivity index (χ3n) is 4.12. The predicted octanol–water partition coefficient (Wildman–Crippen LogP) is 1.43. The molecule has 0 spiro atoms. The summed E-state index contributed by atoms with van der Waals surface area (Å²) in [5.41, 5.74) is 0.958. The number of fused-ring (bicyclic) bond motifs is 1. The van der Waals surface area contributed by atoms with Crippen LogP contribution < -0.4 is 0 Å². The molecular formula is C15H14N4O4S2. The molecule has 1 amide bonds. The second-order valence-electron chi connectivity index (χ2n) is 5.56. The van der Waals surface area contributed by atoms with Crippen LogP contribution in [0.4, 0.5) is 0 Å². The summed E-state index contributed by atoms with van der Waals surface area (Å²) >= 11 is 0.986. The number of piperazine rings is 1. The summed E-state index contributed by atoms with van der Waals surface area (Å²) < 4.78 is 40.6. The molecule has 8 nitrogen and oxygen atoms in total. The Morgan fingerprint density at radius 1 is 1.08 bits per heavy atom. The maximum atomic E-state index is 12.9. The molecule has 0 N–H and O–H groups in total. The van der Waals surface area contributed by atoms with Crippen molar-refractivity contribution in [1.82, 2.24) is 18.0 Å². The van der Waals surface area contributed by atoms with E-state index in [4.69, 9.17) is 4.42 Å². The van der Waals surface area contributed by atoms with Crippen LogP contribution in [0.5, 0.6) is 0 Å². The Morgan fingerprint density at radius 3 is 2.60 bits per heavy atom. The van der Waals surface area contributed by atoms with Crippen LogP contribution in [-0.4, -0.2) is 58.5 Å². The topological polar surface area (TPSA) is 96.6 Å². The molecule has 1 aliphatic rings. The van der Waals surface area contributed by atoms with E-state index in [1.807, 2.05) is 0 Å². The lowest BCUT2D eigenvalue weighted by Crippen LogP contribution is -2.50. The van der Waals surface area contributed by atoms with Crippen molar-refractivity contribution < 1.29 is 17.6 Å². The van der Waals surface area contributed by atoms with Crippen LogP contribution in [-0.2, 0) is 10.0 Å². The zero-order valence-corrected chi connectivity index (χ0v) is 14.7. The van der Waals surface area contributed by atoms with Gasteiger partial charge in [-0.3, -0.25) is 4.79 Å². The van der Waals surface area contributed by atoms with Crippen molar-refractivity contribution in [1.29, 1.82) is 0 Å². The van der Waals surface area contributed by atoms with Crippen LogP contribution in [0.3, 0.4) is 0 Å². The fraction of sp³-hybridized carbons (Fsp3) is 0.267. The van der Waals surface area contributed by atoms with E-state index in [9.17, 15) is 13.2 Å². The number of sulfonamides is 1. The van der Waals surface area contributed by atoms with Crippen LogP contribution in [0.15, 0.2) is 45.9 Å². The van der Waals surface area contributed by atoms with Gasteiger partial charge in [0.25, 0.3) is 5.91 Å². The monoisotopic (exact) mass is 378 g/mol. The summed E-state index contributed by atoms with van der Waals surface area (Å²) in [6, 6.07) is 8.18. The highest BCUT2D eigenvalue weighted by atomic mass is 32.2. The van der Waals surface area contributed by atoms with Crippen LogP contribution in [0, 0.1) is 0 Å². The first-order valence-electron chi connectivity index (χ1n) is 7.61. The summed E-state index contributed by atoms with van der Waals surface area (Å²) in [7, 11) is -3.69. The first-order valence-corrected chi connectivity index (χ1v) is 9.78. The van der Waals surface area contributed by atoms with E-state index in [0.29, 0.717) is 24.1 Å². The third-order valence-corrected chi connectivity index (χ3v) is 6.60. The molecule has 4 rings (SSSR count). The fourth-order valence-electron chi connectivity index (χ4n) is 2.82. The largest absolute Gasteiger partial charge is 0.459 e. The molecule has 0 saturated carbocycles. The summed E-state index contributed by atoms with van der Waals surface area (Å²) in [5, 5.41) is 0. The van der Waals surface area contributed by atoms with Gasteiger partial charge in [0.15, 0.2) is 5.76 Å². The van der Waals surface area contributed by atoms with Gasteiger partial charge in [0, 0.05) is 26.2 Å². The van der Waals surface area contributed by atoms with Crippen molar-refractivity contribution in [3.8, 4) is 0 Å². The number of benzene rings is 1. The number of aromatic nitrogens is 2. The normalized spacial score (nSPS) is 16.4. The Balaban J connectivity index is 1.54. The number of carbonyl (C=O) groups is 1. The Hall–Kier alpha value is -2.30. The maximum absolute atomic E-state index is 12.9. The van der Waals surface area contributed by atoms with Crippen LogP contribution in [0.2, 0.25) is 0 Å². The van der Waals surface area contributed by atoms with Crippen LogP contribution in [0.1, 0.15) is 10.6 Å². The van der Waals surface area contributed by atoms with Gasteiger partial charge in [-0.2, -0.15) is 13.1 Å². The molecule has 1 aromatic carbocycles. The smallest absolute Gasteiger partial charge is 0.289 e. The second kappa shape index (κ2) is 6.21. The highest BCUT2D eigenvalue weighted by Crippen LogP contribution is 2.25. The van der Waals surface area contributed by atoms with E-state index in [1.165, 1.54) is 10.6 Å². The summed E-state index contributed by atoms with van der Waals surface area (Å²) in [6.07, 6.45) is 1.44.